The average molecular weight is 428 g/mol. The molecule has 0 bridgehead atoms. The zero-order chi connectivity index (χ0) is 21.8. The van der Waals surface area contributed by atoms with E-state index in [1.54, 1.807) is 6.07 Å². The third kappa shape index (κ3) is 4.67. The number of aromatic nitrogens is 2. The SMILES string of the molecule is O=C(CN1C=CCC(c2cc(Cc3ccccc3)n[nH]2)=C1)Nc1ccc2c(c1)OCCO2. The number of nitrogens with zero attached hydrogens (tertiary/aromatic N) is 2. The van der Waals surface area contributed by atoms with E-state index in [1.807, 2.05) is 53.7 Å². The molecule has 0 saturated heterocycles. The Hall–Kier alpha value is -4.00. The smallest absolute Gasteiger partial charge is 0.244 e. The van der Waals surface area contributed by atoms with Crippen molar-refractivity contribution >= 4 is 17.2 Å². The second-order valence-corrected chi connectivity index (χ2v) is 7.76. The Morgan fingerprint density at radius 1 is 1.06 bits per heavy atom. The number of rotatable bonds is 6. The minimum Gasteiger partial charge on any atom is -0.486 e. The molecule has 0 aliphatic carbocycles. The summed E-state index contributed by atoms with van der Waals surface area (Å²) in [5.41, 5.74) is 4.96. The first-order chi connectivity index (χ1) is 15.7. The van der Waals surface area contributed by atoms with E-state index < -0.39 is 0 Å². The molecule has 7 nitrogen and oxygen atoms in total. The molecule has 2 aromatic carbocycles. The first kappa shape index (κ1) is 19.9. The van der Waals surface area contributed by atoms with Crippen LogP contribution in [-0.2, 0) is 11.2 Å². The highest BCUT2D eigenvalue weighted by atomic mass is 16.6. The van der Waals surface area contributed by atoms with Crippen molar-refractivity contribution in [3.8, 4) is 11.5 Å². The van der Waals surface area contributed by atoms with Crippen molar-refractivity contribution in [2.24, 2.45) is 0 Å². The average Bonchev–Trinajstić information content (AvgIpc) is 3.28. The van der Waals surface area contributed by atoms with Crippen LogP contribution in [0.5, 0.6) is 11.5 Å². The molecule has 0 radical (unpaired) electrons. The molecule has 0 saturated carbocycles. The van der Waals surface area contributed by atoms with Gasteiger partial charge in [-0.1, -0.05) is 36.4 Å². The lowest BCUT2D eigenvalue weighted by atomic mass is 10.1. The number of carbonyl (C=O) groups is 1. The van der Waals surface area contributed by atoms with E-state index in [9.17, 15) is 4.79 Å². The van der Waals surface area contributed by atoms with Gasteiger partial charge in [-0.15, -0.1) is 0 Å². The van der Waals surface area contributed by atoms with Gasteiger partial charge in [0.05, 0.1) is 11.4 Å². The standard InChI is InChI=1S/C25H24N4O3/c30-25(26-20-8-9-23-24(15-20)32-12-11-31-23)17-29-10-4-7-19(16-29)22-14-21(27-28-22)13-18-5-2-1-3-6-18/h1-6,8-10,14-16H,7,11-13,17H2,(H,26,30)(H,27,28). The van der Waals surface area contributed by atoms with Crippen LogP contribution < -0.4 is 14.8 Å². The first-order valence-corrected chi connectivity index (χ1v) is 10.6. The lowest BCUT2D eigenvalue weighted by Gasteiger charge is -2.21. The van der Waals surface area contributed by atoms with Crippen molar-refractivity contribution in [3.05, 3.63) is 90.0 Å². The second kappa shape index (κ2) is 9.01. The number of ether oxygens (including phenoxy) is 2. The number of H-pyrrole nitrogens is 1. The van der Waals surface area contributed by atoms with Crippen molar-refractivity contribution in [3.63, 3.8) is 0 Å². The fourth-order valence-electron chi connectivity index (χ4n) is 3.80. The van der Waals surface area contributed by atoms with Crippen LogP contribution in [0, 0.1) is 0 Å². The molecule has 2 aliphatic heterocycles. The highest BCUT2D eigenvalue weighted by Crippen LogP contribution is 2.32. The summed E-state index contributed by atoms with van der Waals surface area (Å²) in [5.74, 6) is 1.24. The highest BCUT2D eigenvalue weighted by molar-refractivity contribution is 5.93. The zero-order valence-electron chi connectivity index (χ0n) is 17.6. The van der Waals surface area contributed by atoms with E-state index in [4.69, 9.17) is 9.47 Å². The highest BCUT2D eigenvalue weighted by Gasteiger charge is 2.15. The maximum Gasteiger partial charge on any atom is 0.244 e. The van der Waals surface area contributed by atoms with E-state index in [2.05, 4.69) is 33.7 Å². The number of hydrogen-bond acceptors (Lipinski definition) is 5. The molecule has 2 N–H and O–H groups in total. The molecular weight excluding hydrogens is 404 g/mol. The summed E-state index contributed by atoms with van der Waals surface area (Å²) in [7, 11) is 0. The Labute approximate surface area is 186 Å². The number of carbonyl (C=O) groups excluding carboxylic acids is 1. The fraction of sp³-hybridized carbons (Fsp3) is 0.200. The van der Waals surface area contributed by atoms with Crippen LogP contribution in [0.15, 0.2) is 73.1 Å². The zero-order valence-corrected chi connectivity index (χ0v) is 17.6. The number of nitrogens with one attached hydrogen (secondary N) is 2. The normalized spacial score (nSPS) is 14.8. The van der Waals surface area contributed by atoms with Gasteiger partial charge in [-0.25, -0.2) is 0 Å². The summed E-state index contributed by atoms with van der Waals surface area (Å²) in [4.78, 5) is 14.5. The van der Waals surface area contributed by atoms with Crippen molar-refractivity contribution in [2.75, 3.05) is 25.1 Å². The van der Waals surface area contributed by atoms with Crippen molar-refractivity contribution in [2.45, 2.75) is 12.8 Å². The maximum atomic E-state index is 12.6. The first-order valence-electron chi connectivity index (χ1n) is 10.6. The topological polar surface area (TPSA) is 79.5 Å². The van der Waals surface area contributed by atoms with E-state index in [-0.39, 0.29) is 12.5 Å². The van der Waals surface area contributed by atoms with Crippen LogP contribution in [0.4, 0.5) is 5.69 Å². The van der Waals surface area contributed by atoms with Gasteiger partial charge in [-0.05, 0) is 35.8 Å². The van der Waals surface area contributed by atoms with Gasteiger partial charge in [0.1, 0.15) is 19.8 Å². The number of hydrogen-bond donors (Lipinski definition) is 2. The molecule has 0 atom stereocenters. The molecule has 162 valence electrons. The molecule has 0 spiro atoms. The summed E-state index contributed by atoms with van der Waals surface area (Å²) in [6.07, 6.45) is 7.52. The van der Waals surface area contributed by atoms with Crippen LogP contribution in [0.25, 0.3) is 5.57 Å². The Kier molecular flexibility index (Phi) is 5.61. The van der Waals surface area contributed by atoms with Crippen molar-refractivity contribution < 1.29 is 14.3 Å². The number of anilines is 1. The Balaban J connectivity index is 1.21. The second-order valence-electron chi connectivity index (χ2n) is 7.76. The quantitative estimate of drug-likeness (QED) is 0.621. The minimum atomic E-state index is -0.113. The van der Waals surface area contributed by atoms with Crippen molar-refractivity contribution in [1.29, 1.82) is 0 Å². The molecule has 5 rings (SSSR count). The molecule has 3 aromatic rings. The molecule has 7 heteroatoms. The number of benzene rings is 2. The lowest BCUT2D eigenvalue weighted by molar-refractivity contribution is -0.116. The molecule has 1 aromatic heterocycles. The van der Waals surface area contributed by atoms with E-state index in [0.29, 0.717) is 30.4 Å². The molecular formula is C25H24N4O3. The van der Waals surface area contributed by atoms with Crippen LogP contribution in [0.3, 0.4) is 0 Å². The van der Waals surface area contributed by atoms with Gasteiger partial charge >= 0.3 is 0 Å². The van der Waals surface area contributed by atoms with E-state index in [0.717, 1.165) is 29.8 Å². The molecule has 2 aliphatic rings. The van der Waals surface area contributed by atoms with Crippen LogP contribution in [-0.4, -0.2) is 40.8 Å². The number of aromatic amines is 1. The van der Waals surface area contributed by atoms with Crippen LogP contribution in [0.1, 0.15) is 23.4 Å². The van der Waals surface area contributed by atoms with Gasteiger partial charge in [-0.2, -0.15) is 5.10 Å². The Morgan fingerprint density at radius 3 is 2.78 bits per heavy atom. The van der Waals surface area contributed by atoms with Gasteiger partial charge in [-0.3, -0.25) is 9.89 Å². The Morgan fingerprint density at radius 2 is 1.91 bits per heavy atom. The minimum absolute atomic E-state index is 0.113. The largest absolute Gasteiger partial charge is 0.486 e. The monoisotopic (exact) mass is 428 g/mol. The van der Waals surface area contributed by atoms with Gasteiger partial charge in [0.2, 0.25) is 5.91 Å². The van der Waals surface area contributed by atoms with Gasteiger partial charge in [0, 0.05) is 30.6 Å². The molecule has 1 amide bonds. The summed E-state index contributed by atoms with van der Waals surface area (Å²) >= 11 is 0. The van der Waals surface area contributed by atoms with Gasteiger partial charge in [0.15, 0.2) is 11.5 Å². The number of allylic oxidation sites excluding steroid dienone is 2. The van der Waals surface area contributed by atoms with Crippen LogP contribution >= 0.6 is 0 Å². The number of amides is 1. The van der Waals surface area contributed by atoms with E-state index >= 15 is 0 Å². The lowest BCUT2D eigenvalue weighted by Crippen LogP contribution is -2.27. The van der Waals surface area contributed by atoms with E-state index in [1.165, 1.54) is 5.56 Å². The summed E-state index contributed by atoms with van der Waals surface area (Å²) in [6.45, 7) is 1.26. The molecule has 32 heavy (non-hydrogen) atoms. The maximum absolute atomic E-state index is 12.6. The summed E-state index contributed by atoms with van der Waals surface area (Å²) in [5, 5.41) is 10.5. The van der Waals surface area contributed by atoms with Crippen LogP contribution in [0.2, 0.25) is 0 Å². The van der Waals surface area contributed by atoms with Gasteiger partial charge < -0.3 is 19.7 Å². The summed E-state index contributed by atoms with van der Waals surface area (Å²) in [6, 6.07) is 17.8. The summed E-state index contributed by atoms with van der Waals surface area (Å²) < 4.78 is 11.1. The molecule has 0 fully saturated rings. The third-order valence-corrected chi connectivity index (χ3v) is 5.31. The van der Waals surface area contributed by atoms with Gasteiger partial charge in [0.25, 0.3) is 0 Å². The Bertz CT molecular complexity index is 1170. The molecule has 3 heterocycles. The predicted molar refractivity (Wildman–Crippen MR) is 122 cm³/mol. The fourth-order valence-corrected chi connectivity index (χ4v) is 3.80. The van der Waals surface area contributed by atoms with Crippen molar-refractivity contribution in [1.82, 2.24) is 15.1 Å². The predicted octanol–water partition coefficient (Wildman–Crippen LogP) is 3.97. The molecule has 0 unspecified atom stereocenters. The number of fused-ring (bicyclic) bond motifs is 1. The third-order valence-electron chi connectivity index (χ3n) is 5.31.